The highest BCUT2D eigenvalue weighted by Crippen LogP contribution is 2.27. The second kappa shape index (κ2) is 8.69. The maximum absolute atomic E-state index is 12.3. The van der Waals surface area contributed by atoms with Crippen molar-refractivity contribution in [2.45, 2.75) is 20.3 Å². The zero-order valence-electron chi connectivity index (χ0n) is 16.0. The van der Waals surface area contributed by atoms with Gasteiger partial charge in [-0.2, -0.15) is 0 Å². The first-order valence-electron chi connectivity index (χ1n) is 9.27. The fourth-order valence-electron chi connectivity index (χ4n) is 3.08. The number of rotatable bonds is 7. The van der Waals surface area contributed by atoms with Gasteiger partial charge in [0, 0.05) is 24.2 Å². The van der Waals surface area contributed by atoms with Crippen molar-refractivity contribution in [2.24, 2.45) is 5.92 Å². The summed E-state index contributed by atoms with van der Waals surface area (Å²) in [6, 6.07) is 14.2. The van der Waals surface area contributed by atoms with Crippen molar-refractivity contribution in [2.75, 3.05) is 24.7 Å². The van der Waals surface area contributed by atoms with E-state index in [1.54, 1.807) is 41.3 Å². The number of nitrogens with zero attached hydrogens (tertiary/aromatic N) is 1. The van der Waals surface area contributed by atoms with Crippen LogP contribution in [0.1, 0.15) is 29.3 Å². The normalized spacial score (nSPS) is 16.1. The molecule has 6 nitrogen and oxygen atoms in total. The van der Waals surface area contributed by atoms with Crippen molar-refractivity contribution in [3.8, 4) is 5.75 Å². The third-order valence-corrected chi connectivity index (χ3v) is 4.64. The number of aryl methyl sites for hydroxylation is 1. The highest BCUT2D eigenvalue weighted by molar-refractivity contribution is 6.01. The number of amides is 1. The van der Waals surface area contributed by atoms with Crippen molar-refractivity contribution in [1.82, 2.24) is 0 Å². The molecule has 0 aromatic heterocycles. The van der Waals surface area contributed by atoms with E-state index in [0.29, 0.717) is 17.9 Å². The molecule has 0 aliphatic carbocycles. The Labute approximate surface area is 164 Å². The Morgan fingerprint density at radius 2 is 1.75 bits per heavy atom. The molecule has 146 valence electrons. The largest absolute Gasteiger partial charge is 0.494 e. The van der Waals surface area contributed by atoms with E-state index in [2.05, 4.69) is 0 Å². The van der Waals surface area contributed by atoms with Crippen molar-refractivity contribution < 1.29 is 23.9 Å². The first-order chi connectivity index (χ1) is 13.5. The van der Waals surface area contributed by atoms with E-state index in [4.69, 9.17) is 9.47 Å². The molecule has 6 heteroatoms. The zero-order valence-corrected chi connectivity index (χ0v) is 16.0. The smallest absolute Gasteiger partial charge is 0.311 e. The molecular weight excluding hydrogens is 358 g/mol. The van der Waals surface area contributed by atoms with Gasteiger partial charge >= 0.3 is 5.97 Å². The molecule has 0 N–H and O–H groups in total. The van der Waals surface area contributed by atoms with E-state index >= 15 is 0 Å². The summed E-state index contributed by atoms with van der Waals surface area (Å²) in [6.45, 7) is 4.32. The van der Waals surface area contributed by atoms with Crippen LogP contribution in [0.15, 0.2) is 48.5 Å². The third-order valence-electron chi connectivity index (χ3n) is 4.64. The molecule has 0 spiro atoms. The van der Waals surface area contributed by atoms with Crippen molar-refractivity contribution in [3.63, 3.8) is 0 Å². The topological polar surface area (TPSA) is 72.9 Å². The standard InChI is InChI=1S/C22H23NO5/c1-3-27-19-10-8-18(9-11-19)23-13-17(12-21(23)25)22(26)28-14-20(24)16-6-4-15(2)5-7-16/h4-11,17H,3,12-14H2,1-2H3. The van der Waals surface area contributed by atoms with Crippen LogP contribution in [-0.2, 0) is 14.3 Å². The Morgan fingerprint density at radius 3 is 2.39 bits per heavy atom. The Hall–Kier alpha value is -3.15. The van der Waals surface area contributed by atoms with Crippen LogP contribution in [0.3, 0.4) is 0 Å². The minimum absolute atomic E-state index is 0.0742. The molecular formula is C22H23NO5. The van der Waals surface area contributed by atoms with E-state index in [1.807, 2.05) is 26.0 Å². The van der Waals surface area contributed by atoms with Crippen LogP contribution in [-0.4, -0.2) is 37.4 Å². The molecule has 28 heavy (non-hydrogen) atoms. The number of benzene rings is 2. The van der Waals surface area contributed by atoms with Gasteiger partial charge in [-0.1, -0.05) is 29.8 Å². The van der Waals surface area contributed by atoms with E-state index < -0.39 is 11.9 Å². The fourth-order valence-corrected chi connectivity index (χ4v) is 3.08. The lowest BCUT2D eigenvalue weighted by Crippen LogP contribution is -2.27. The summed E-state index contributed by atoms with van der Waals surface area (Å²) < 4.78 is 10.6. The van der Waals surface area contributed by atoms with Crippen LogP contribution in [0.25, 0.3) is 0 Å². The average Bonchev–Trinajstić information content (AvgIpc) is 3.09. The van der Waals surface area contributed by atoms with Gasteiger partial charge in [0.05, 0.1) is 12.5 Å². The molecule has 0 bridgehead atoms. The number of hydrogen-bond donors (Lipinski definition) is 0. The lowest BCUT2D eigenvalue weighted by atomic mass is 10.1. The number of esters is 1. The maximum Gasteiger partial charge on any atom is 0.311 e. The first kappa shape index (κ1) is 19.6. The van der Waals surface area contributed by atoms with Gasteiger partial charge in [0.1, 0.15) is 5.75 Å². The van der Waals surface area contributed by atoms with Crippen LogP contribution in [0.2, 0.25) is 0 Å². The molecule has 2 aromatic carbocycles. The Balaban J connectivity index is 1.56. The molecule has 2 aromatic rings. The lowest BCUT2D eigenvalue weighted by Gasteiger charge is -2.17. The third kappa shape index (κ3) is 4.57. The molecule has 1 atom stereocenters. The molecule has 3 rings (SSSR count). The van der Waals surface area contributed by atoms with Gasteiger partial charge < -0.3 is 14.4 Å². The van der Waals surface area contributed by atoms with Crippen LogP contribution in [0, 0.1) is 12.8 Å². The van der Waals surface area contributed by atoms with Crippen LogP contribution in [0.4, 0.5) is 5.69 Å². The number of hydrogen-bond acceptors (Lipinski definition) is 5. The van der Waals surface area contributed by atoms with E-state index in [1.165, 1.54) is 0 Å². The molecule has 1 amide bonds. The predicted molar refractivity (Wildman–Crippen MR) is 105 cm³/mol. The number of carbonyl (C=O) groups excluding carboxylic acids is 3. The van der Waals surface area contributed by atoms with Gasteiger partial charge in [0.25, 0.3) is 0 Å². The number of ketones is 1. The Kier molecular flexibility index (Phi) is 6.09. The van der Waals surface area contributed by atoms with Gasteiger partial charge in [-0.15, -0.1) is 0 Å². The quantitative estimate of drug-likeness (QED) is 0.544. The molecule has 1 saturated heterocycles. The predicted octanol–water partition coefficient (Wildman–Crippen LogP) is 3.17. The molecule has 0 radical (unpaired) electrons. The van der Waals surface area contributed by atoms with Crippen LogP contribution >= 0.6 is 0 Å². The van der Waals surface area contributed by atoms with E-state index in [0.717, 1.165) is 11.3 Å². The summed E-state index contributed by atoms with van der Waals surface area (Å²) in [5.74, 6) is -0.785. The summed E-state index contributed by atoms with van der Waals surface area (Å²) in [5.41, 5.74) is 2.25. The van der Waals surface area contributed by atoms with Crippen molar-refractivity contribution in [1.29, 1.82) is 0 Å². The fraction of sp³-hybridized carbons (Fsp3) is 0.318. The van der Waals surface area contributed by atoms with Gasteiger partial charge in [-0.05, 0) is 38.1 Å². The van der Waals surface area contributed by atoms with Crippen molar-refractivity contribution >= 4 is 23.3 Å². The Bertz CT molecular complexity index is 858. The number of Topliss-reactive ketones (excluding diaryl/α,β-unsaturated/α-hetero) is 1. The zero-order chi connectivity index (χ0) is 20.1. The van der Waals surface area contributed by atoms with E-state index in [-0.39, 0.29) is 31.3 Å². The summed E-state index contributed by atoms with van der Waals surface area (Å²) in [7, 11) is 0. The highest BCUT2D eigenvalue weighted by atomic mass is 16.5. The van der Waals surface area contributed by atoms with Gasteiger partial charge in [0.2, 0.25) is 5.91 Å². The summed E-state index contributed by atoms with van der Waals surface area (Å²) in [5, 5.41) is 0. The Morgan fingerprint density at radius 1 is 1.07 bits per heavy atom. The molecule has 0 saturated carbocycles. The molecule has 1 fully saturated rings. The highest BCUT2D eigenvalue weighted by Gasteiger charge is 2.36. The van der Waals surface area contributed by atoms with Gasteiger partial charge in [-0.25, -0.2) is 0 Å². The van der Waals surface area contributed by atoms with E-state index in [9.17, 15) is 14.4 Å². The van der Waals surface area contributed by atoms with Crippen LogP contribution in [0.5, 0.6) is 5.75 Å². The molecule has 1 aliphatic rings. The summed E-state index contributed by atoms with van der Waals surface area (Å²) >= 11 is 0. The summed E-state index contributed by atoms with van der Waals surface area (Å²) in [4.78, 5) is 38.3. The second-order valence-corrected chi connectivity index (χ2v) is 6.73. The maximum atomic E-state index is 12.3. The first-order valence-corrected chi connectivity index (χ1v) is 9.27. The SMILES string of the molecule is CCOc1ccc(N2CC(C(=O)OCC(=O)c3ccc(C)cc3)CC2=O)cc1. The van der Waals surface area contributed by atoms with Crippen LogP contribution < -0.4 is 9.64 Å². The second-order valence-electron chi connectivity index (χ2n) is 6.73. The minimum Gasteiger partial charge on any atom is -0.494 e. The summed E-state index contributed by atoms with van der Waals surface area (Å²) in [6.07, 6.45) is 0.0742. The van der Waals surface area contributed by atoms with Gasteiger partial charge in [0.15, 0.2) is 12.4 Å². The lowest BCUT2D eigenvalue weighted by molar-refractivity contribution is -0.147. The monoisotopic (exact) mass is 381 g/mol. The number of anilines is 1. The molecule has 1 heterocycles. The van der Waals surface area contributed by atoms with Gasteiger partial charge in [-0.3, -0.25) is 14.4 Å². The van der Waals surface area contributed by atoms with Crippen molar-refractivity contribution in [3.05, 3.63) is 59.7 Å². The average molecular weight is 381 g/mol. The number of carbonyl (C=O) groups is 3. The number of ether oxygens (including phenoxy) is 2. The minimum atomic E-state index is -0.579. The molecule has 1 aliphatic heterocycles. The molecule has 1 unspecified atom stereocenters.